The summed E-state index contributed by atoms with van der Waals surface area (Å²) in [6.07, 6.45) is 2.02. The first-order valence-corrected chi connectivity index (χ1v) is 13.5. The second-order valence-electron chi connectivity index (χ2n) is 10.7. The van der Waals surface area contributed by atoms with Gasteiger partial charge in [0.15, 0.2) is 12.1 Å². The molecule has 0 amide bonds. The average molecular weight is 589 g/mol. The molecule has 202 valence electrons. The van der Waals surface area contributed by atoms with Gasteiger partial charge in [0.05, 0.1) is 24.5 Å². The van der Waals surface area contributed by atoms with Gasteiger partial charge in [-0.2, -0.15) is 9.90 Å². The molecule has 2 atom stereocenters. The molecule has 4 aromatic rings. The normalized spacial score (nSPS) is 22.5. The maximum atomic E-state index is 13.7. The molecule has 7 nitrogen and oxygen atoms in total. The van der Waals surface area contributed by atoms with E-state index in [1.54, 1.807) is 4.80 Å². The number of carbonyl (C=O) groups excluding carboxylic acids is 1. The Morgan fingerprint density at radius 2 is 1.56 bits per heavy atom. The Morgan fingerprint density at radius 1 is 0.949 bits per heavy atom. The third-order valence-corrected chi connectivity index (χ3v) is 8.11. The van der Waals surface area contributed by atoms with E-state index in [1.165, 1.54) is 0 Å². The Kier molecular flexibility index (Phi) is 8.14. The number of rotatable bonds is 8. The topological polar surface area (TPSA) is 69.0 Å². The molecule has 0 spiro atoms. The Hall–Kier alpha value is -3.49. The number of esters is 1. The summed E-state index contributed by atoms with van der Waals surface area (Å²) in [6.45, 7) is 5.83. The number of aromatic nitrogens is 3. The molecule has 39 heavy (non-hydrogen) atoms. The van der Waals surface area contributed by atoms with Gasteiger partial charge in [-0.25, -0.2) is 4.79 Å². The number of aryl methyl sites for hydroxylation is 1. The van der Waals surface area contributed by atoms with Gasteiger partial charge in [-0.05, 0) is 36.8 Å². The summed E-state index contributed by atoms with van der Waals surface area (Å²) < 4.78 is 7.22. The summed E-state index contributed by atoms with van der Waals surface area (Å²) in [6, 6.07) is 29.2. The minimum atomic E-state index is -0.560. The second kappa shape index (κ2) is 11.7. The maximum Gasteiger partial charge on any atom is 0.333 e. The fourth-order valence-corrected chi connectivity index (χ4v) is 5.97. The van der Waals surface area contributed by atoms with E-state index in [0.717, 1.165) is 71.8 Å². The smallest absolute Gasteiger partial charge is 0.333 e. The van der Waals surface area contributed by atoms with Crippen molar-refractivity contribution in [3.8, 4) is 5.69 Å². The number of nitrogens with zero attached hydrogens (tertiary/aromatic N) is 4. The van der Waals surface area contributed by atoms with E-state index in [1.807, 2.05) is 97.9 Å². The van der Waals surface area contributed by atoms with Crippen LogP contribution in [-0.4, -0.2) is 51.2 Å². The molecule has 3 aromatic carbocycles. The number of benzene rings is 3. The molecular formula is C31H34BrN5O2. The van der Waals surface area contributed by atoms with Crippen LogP contribution in [0.5, 0.6) is 0 Å². The van der Waals surface area contributed by atoms with Crippen molar-refractivity contribution in [2.24, 2.45) is 5.92 Å². The van der Waals surface area contributed by atoms with Crippen LogP contribution in [0.25, 0.3) is 5.69 Å². The van der Waals surface area contributed by atoms with E-state index in [2.05, 4.69) is 5.32 Å². The molecule has 4 heterocycles. The highest BCUT2D eigenvalue weighted by Crippen LogP contribution is 2.38. The number of piperidine rings is 3. The van der Waals surface area contributed by atoms with Gasteiger partial charge >= 0.3 is 5.97 Å². The summed E-state index contributed by atoms with van der Waals surface area (Å²) in [7, 11) is 0. The molecule has 0 unspecified atom stereocenters. The van der Waals surface area contributed by atoms with Gasteiger partial charge in [0.25, 0.3) is 0 Å². The highest BCUT2D eigenvalue weighted by Gasteiger charge is 2.48. The summed E-state index contributed by atoms with van der Waals surface area (Å²) in [5, 5.41) is 13.0. The lowest BCUT2D eigenvalue weighted by atomic mass is 9.83. The zero-order valence-corrected chi connectivity index (χ0v) is 23.7. The Morgan fingerprint density at radius 3 is 2.23 bits per heavy atom. The summed E-state index contributed by atoms with van der Waals surface area (Å²) >= 11 is 0. The SMILES string of the molecule is Cc1nn(-c2ccccc2)nc1C[N+]12CCC(CC1)[C@@H](OC(=O)[C@H](Nc1ccccc1)c1ccccc1)C2.[Br-]. The lowest BCUT2D eigenvalue weighted by Gasteiger charge is -2.51. The van der Waals surface area contributed by atoms with Gasteiger partial charge in [-0.1, -0.05) is 66.7 Å². The van der Waals surface area contributed by atoms with Crippen molar-refractivity contribution < 1.29 is 31.0 Å². The van der Waals surface area contributed by atoms with Crippen LogP contribution in [0.15, 0.2) is 91.0 Å². The molecule has 2 bridgehead atoms. The monoisotopic (exact) mass is 587 g/mol. The Bertz CT molecular complexity index is 1370. The van der Waals surface area contributed by atoms with Crippen LogP contribution in [0.2, 0.25) is 0 Å². The molecule has 1 aromatic heterocycles. The molecule has 7 rings (SSSR count). The minimum Gasteiger partial charge on any atom is -1.00 e. The quantitative estimate of drug-likeness (QED) is 0.252. The number of fused-ring (bicyclic) bond motifs is 3. The molecule has 1 N–H and O–H groups in total. The number of nitrogens with one attached hydrogen (secondary N) is 1. The number of carbonyl (C=O) groups is 1. The largest absolute Gasteiger partial charge is 1.00 e. The highest BCUT2D eigenvalue weighted by atomic mass is 79.9. The minimum absolute atomic E-state index is 0. The van der Waals surface area contributed by atoms with Crippen LogP contribution >= 0.6 is 0 Å². The summed E-state index contributed by atoms with van der Waals surface area (Å²) in [5.74, 6) is 0.191. The van der Waals surface area contributed by atoms with Gasteiger partial charge < -0.3 is 31.5 Å². The molecule has 0 aliphatic carbocycles. The number of quaternary nitrogens is 1. The van der Waals surface area contributed by atoms with Crippen LogP contribution in [0.1, 0.15) is 35.8 Å². The van der Waals surface area contributed by atoms with E-state index < -0.39 is 6.04 Å². The fraction of sp³-hybridized carbons (Fsp3) is 0.323. The zero-order chi connectivity index (χ0) is 26.0. The van der Waals surface area contributed by atoms with Gasteiger partial charge in [-0.3, -0.25) is 0 Å². The van der Waals surface area contributed by atoms with Gasteiger partial charge in [0.1, 0.15) is 18.8 Å². The van der Waals surface area contributed by atoms with Gasteiger partial charge in [-0.15, -0.1) is 5.10 Å². The molecule has 0 radical (unpaired) electrons. The first-order valence-electron chi connectivity index (χ1n) is 13.5. The van der Waals surface area contributed by atoms with Gasteiger partial charge in [0.2, 0.25) is 0 Å². The van der Waals surface area contributed by atoms with Crippen molar-refractivity contribution >= 4 is 11.7 Å². The van der Waals surface area contributed by atoms with Crippen molar-refractivity contribution in [1.82, 2.24) is 15.0 Å². The number of ether oxygens (including phenoxy) is 1. The number of anilines is 1. The van der Waals surface area contributed by atoms with Crippen LogP contribution in [0.4, 0.5) is 5.69 Å². The highest BCUT2D eigenvalue weighted by molar-refractivity contribution is 5.81. The number of hydrogen-bond acceptors (Lipinski definition) is 5. The molecule has 8 heteroatoms. The Labute approximate surface area is 240 Å². The van der Waals surface area contributed by atoms with Crippen molar-refractivity contribution in [2.45, 2.75) is 38.5 Å². The van der Waals surface area contributed by atoms with Crippen molar-refractivity contribution in [1.29, 1.82) is 0 Å². The average Bonchev–Trinajstić information content (AvgIpc) is 3.33. The lowest BCUT2D eigenvalue weighted by Crippen LogP contribution is -3.00. The molecule has 0 saturated carbocycles. The van der Waals surface area contributed by atoms with E-state index in [4.69, 9.17) is 14.9 Å². The number of para-hydroxylation sites is 2. The van der Waals surface area contributed by atoms with Crippen LogP contribution in [0.3, 0.4) is 0 Å². The maximum absolute atomic E-state index is 13.7. The van der Waals surface area contributed by atoms with Crippen LogP contribution < -0.4 is 22.3 Å². The van der Waals surface area contributed by atoms with E-state index in [9.17, 15) is 4.79 Å². The first kappa shape index (κ1) is 27.1. The Balaban J connectivity index is 0.00000308. The van der Waals surface area contributed by atoms with Crippen molar-refractivity contribution in [2.75, 3.05) is 25.0 Å². The standard InChI is InChI=1S/C31H34N5O2.BrH/c1-23-28(34-35(33-23)27-15-9-4-10-16-27)21-36-19-17-24(18-20-36)29(22-36)38-31(37)30(25-11-5-2-6-12-25)32-26-13-7-3-8-14-26;/h2-16,24,29-30,32H,17-22H2,1H3;1H/q+1;/p-1/t24?,29-,30+,36?;/m0./s1. The van der Waals surface area contributed by atoms with Crippen LogP contribution in [-0.2, 0) is 16.1 Å². The second-order valence-corrected chi connectivity index (χ2v) is 10.7. The van der Waals surface area contributed by atoms with Gasteiger partial charge in [0, 0.05) is 24.4 Å². The van der Waals surface area contributed by atoms with Crippen molar-refractivity contribution in [3.05, 3.63) is 108 Å². The molecule has 3 saturated heterocycles. The predicted octanol–water partition coefficient (Wildman–Crippen LogP) is 2.09. The zero-order valence-electron chi connectivity index (χ0n) is 22.1. The third kappa shape index (κ3) is 5.92. The number of halogens is 1. The van der Waals surface area contributed by atoms with E-state index >= 15 is 0 Å². The molecular weight excluding hydrogens is 554 g/mol. The predicted molar refractivity (Wildman–Crippen MR) is 147 cm³/mol. The van der Waals surface area contributed by atoms with Crippen molar-refractivity contribution in [3.63, 3.8) is 0 Å². The molecule has 3 fully saturated rings. The third-order valence-electron chi connectivity index (χ3n) is 8.11. The molecule has 3 aliphatic heterocycles. The fourth-order valence-electron chi connectivity index (χ4n) is 5.97. The van der Waals surface area contributed by atoms with Crippen LogP contribution in [0, 0.1) is 12.8 Å². The lowest BCUT2D eigenvalue weighted by molar-refractivity contribution is -0.958. The van der Waals surface area contributed by atoms with E-state index in [0.29, 0.717) is 5.92 Å². The summed E-state index contributed by atoms with van der Waals surface area (Å²) in [5.41, 5.74) is 4.74. The first-order chi connectivity index (χ1) is 18.6. The van der Waals surface area contributed by atoms with E-state index in [-0.39, 0.29) is 29.1 Å². The summed E-state index contributed by atoms with van der Waals surface area (Å²) in [4.78, 5) is 15.4. The molecule has 3 aliphatic rings. The number of hydrogen-bond donors (Lipinski definition) is 1.